The van der Waals surface area contributed by atoms with Crippen molar-refractivity contribution < 1.29 is 14.2 Å². The van der Waals surface area contributed by atoms with Gasteiger partial charge in [0.1, 0.15) is 0 Å². The van der Waals surface area contributed by atoms with Crippen LogP contribution in [0.5, 0.6) is 23.0 Å². The number of hydrogen-bond donors (Lipinski definition) is 0. The summed E-state index contributed by atoms with van der Waals surface area (Å²) in [6, 6.07) is 15.6. The zero-order valence-corrected chi connectivity index (χ0v) is 17.7. The molecule has 0 atom stereocenters. The summed E-state index contributed by atoms with van der Waals surface area (Å²) in [4.78, 5) is 0. The summed E-state index contributed by atoms with van der Waals surface area (Å²) >= 11 is 0. The number of ether oxygens (including phenoxy) is 3. The van der Waals surface area contributed by atoms with Gasteiger partial charge in [-0.1, -0.05) is 65.8 Å². The Kier molecular flexibility index (Phi) is 7.18. The minimum atomic E-state index is 0.125. The Hall–Kier alpha value is -2.16. The standard InChI is InChI=1S/C24H34O3/c1-7-23(3,4)17-25-19-13-9-11-15-21(19)27-22-16-12-10-14-20(22)26-18-24(5,6)8-2/h9-16H,7-8,17-18H2,1-6H3. The van der Waals surface area contributed by atoms with Crippen LogP contribution < -0.4 is 14.2 Å². The van der Waals surface area contributed by atoms with Gasteiger partial charge in [-0.2, -0.15) is 0 Å². The van der Waals surface area contributed by atoms with Gasteiger partial charge in [0.2, 0.25) is 0 Å². The molecule has 0 saturated heterocycles. The lowest BCUT2D eigenvalue weighted by molar-refractivity contribution is 0.167. The third-order valence-corrected chi connectivity index (χ3v) is 5.07. The van der Waals surface area contributed by atoms with Crippen molar-refractivity contribution in [1.82, 2.24) is 0 Å². The highest BCUT2D eigenvalue weighted by Gasteiger charge is 2.19. The van der Waals surface area contributed by atoms with Crippen molar-refractivity contribution >= 4 is 0 Å². The van der Waals surface area contributed by atoms with Gasteiger partial charge in [-0.3, -0.25) is 0 Å². The zero-order chi connectivity index (χ0) is 19.9. The van der Waals surface area contributed by atoms with E-state index in [4.69, 9.17) is 14.2 Å². The van der Waals surface area contributed by atoms with Crippen LogP contribution in [0, 0.1) is 10.8 Å². The Morgan fingerprint density at radius 2 is 0.926 bits per heavy atom. The van der Waals surface area contributed by atoms with Crippen LogP contribution in [0.25, 0.3) is 0 Å². The molecule has 0 unspecified atom stereocenters. The first-order valence-electron chi connectivity index (χ1n) is 9.88. The number of hydrogen-bond acceptors (Lipinski definition) is 3. The Balaban J connectivity index is 2.16. The monoisotopic (exact) mass is 370 g/mol. The first-order chi connectivity index (χ1) is 12.8. The van der Waals surface area contributed by atoms with Gasteiger partial charge in [-0.05, 0) is 47.9 Å². The third kappa shape index (κ3) is 6.50. The van der Waals surface area contributed by atoms with Crippen LogP contribution in [0.1, 0.15) is 54.4 Å². The molecule has 2 aromatic carbocycles. The van der Waals surface area contributed by atoms with E-state index in [9.17, 15) is 0 Å². The van der Waals surface area contributed by atoms with Crippen molar-refractivity contribution in [2.45, 2.75) is 54.4 Å². The molecule has 0 aromatic heterocycles. The second-order valence-corrected chi connectivity index (χ2v) is 8.61. The molecule has 0 heterocycles. The summed E-state index contributed by atoms with van der Waals surface area (Å²) < 4.78 is 18.3. The van der Waals surface area contributed by atoms with Crippen molar-refractivity contribution in [2.24, 2.45) is 10.8 Å². The molecular weight excluding hydrogens is 336 g/mol. The second-order valence-electron chi connectivity index (χ2n) is 8.61. The zero-order valence-electron chi connectivity index (χ0n) is 17.7. The summed E-state index contributed by atoms with van der Waals surface area (Å²) in [5.41, 5.74) is 0.250. The van der Waals surface area contributed by atoms with E-state index < -0.39 is 0 Å². The van der Waals surface area contributed by atoms with Crippen LogP contribution in [0.2, 0.25) is 0 Å². The maximum atomic E-state index is 6.19. The topological polar surface area (TPSA) is 27.7 Å². The summed E-state index contributed by atoms with van der Waals surface area (Å²) in [6.07, 6.45) is 2.11. The lowest BCUT2D eigenvalue weighted by atomic mass is 9.92. The van der Waals surface area contributed by atoms with E-state index in [-0.39, 0.29) is 10.8 Å². The van der Waals surface area contributed by atoms with Crippen molar-refractivity contribution in [3.63, 3.8) is 0 Å². The highest BCUT2D eigenvalue weighted by Crippen LogP contribution is 2.37. The maximum absolute atomic E-state index is 6.19. The Labute approximate surface area is 164 Å². The molecule has 0 N–H and O–H groups in total. The second kappa shape index (κ2) is 9.16. The third-order valence-electron chi connectivity index (χ3n) is 5.07. The molecule has 0 aliphatic heterocycles. The minimum absolute atomic E-state index is 0.125. The van der Waals surface area contributed by atoms with Gasteiger partial charge in [0.05, 0.1) is 13.2 Å². The summed E-state index contributed by atoms with van der Waals surface area (Å²) in [7, 11) is 0. The van der Waals surface area contributed by atoms with Crippen molar-refractivity contribution in [2.75, 3.05) is 13.2 Å². The Bertz CT molecular complexity index is 658. The Morgan fingerprint density at radius 3 is 1.26 bits per heavy atom. The highest BCUT2D eigenvalue weighted by molar-refractivity contribution is 5.47. The molecule has 27 heavy (non-hydrogen) atoms. The van der Waals surface area contributed by atoms with Crippen LogP contribution >= 0.6 is 0 Å². The highest BCUT2D eigenvalue weighted by atomic mass is 16.5. The molecule has 0 spiro atoms. The average Bonchev–Trinajstić information content (AvgIpc) is 2.67. The van der Waals surface area contributed by atoms with E-state index in [1.807, 2.05) is 48.5 Å². The van der Waals surface area contributed by atoms with Gasteiger partial charge in [0.15, 0.2) is 23.0 Å². The van der Waals surface area contributed by atoms with E-state index in [0.717, 1.165) is 24.3 Å². The van der Waals surface area contributed by atoms with Crippen LogP contribution in [-0.4, -0.2) is 13.2 Å². The lowest BCUT2D eigenvalue weighted by Gasteiger charge is -2.24. The van der Waals surface area contributed by atoms with Crippen LogP contribution in [0.15, 0.2) is 48.5 Å². The molecule has 0 fully saturated rings. The maximum Gasteiger partial charge on any atom is 0.169 e. The molecule has 0 saturated carbocycles. The quantitative estimate of drug-likeness (QED) is 0.446. The number of para-hydroxylation sites is 4. The van der Waals surface area contributed by atoms with Crippen LogP contribution in [0.4, 0.5) is 0 Å². The predicted molar refractivity (Wildman–Crippen MR) is 112 cm³/mol. The molecular formula is C24H34O3. The molecule has 3 nitrogen and oxygen atoms in total. The van der Waals surface area contributed by atoms with Crippen molar-refractivity contribution in [3.05, 3.63) is 48.5 Å². The van der Waals surface area contributed by atoms with E-state index >= 15 is 0 Å². The average molecular weight is 371 g/mol. The normalized spacial score (nSPS) is 11.9. The fourth-order valence-electron chi connectivity index (χ4n) is 2.18. The largest absolute Gasteiger partial charge is 0.489 e. The number of rotatable bonds is 10. The van der Waals surface area contributed by atoms with E-state index in [1.165, 1.54) is 0 Å². The summed E-state index contributed by atoms with van der Waals surface area (Å²) in [5, 5.41) is 0. The first-order valence-corrected chi connectivity index (χ1v) is 9.88. The van der Waals surface area contributed by atoms with Gasteiger partial charge in [-0.25, -0.2) is 0 Å². The molecule has 0 radical (unpaired) electrons. The molecule has 0 bridgehead atoms. The van der Waals surface area contributed by atoms with E-state index in [0.29, 0.717) is 24.7 Å². The molecule has 0 aliphatic rings. The van der Waals surface area contributed by atoms with Gasteiger partial charge in [-0.15, -0.1) is 0 Å². The fraction of sp³-hybridized carbons (Fsp3) is 0.500. The molecule has 0 aliphatic carbocycles. The SMILES string of the molecule is CCC(C)(C)COc1ccccc1Oc1ccccc1OCC(C)(C)CC. The molecule has 2 rings (SSSR count). The van der Waals surface area contributed by atoms with E-state index in [2.05, 4.69) is 41.5 Å². The lowest BCUT2D eigenvalue weighted by Crippen LogP contribution is -2.20. The van der Waals surface area contributed by atoms with Gasteiger partial charge >= 0.3 is 0 Å². The van der Waals surface area contributed by atoms with Crippen molar-refractivity contribution in [3.8, 4) is 23.0 Å². The smallest absolute Gasteiger partial charge is 0.169 e. The van der Waals surface area contributed by atoms with Gasteiger partial charge in [0.25, 0.3) is 0 Å². The minimum Gasteiger partial charge on any atom is -0.489 e. The molecule has 3 heteroatoms. The number of benzene rings is 2. The van der Waals surface area contributed by atoms with Crippen LogP contribution in [-0.2, 0) is 0 Å². The summed E-state index contributed by atoms with van der Waals surface area (Å²) in [5.74, 6) is 2.91. The van der Waals surface area contributed by atoms with E-state index in [1.54, 1.807) is 0 Å². The van der Waals surface area contributed by atoms with Crippen LogP contribution in [0.3, 0.4) is 0 Å². The predicted octanol–water partition coefficient (Wildman–Crippen LogP) is 7.11. The molecule has 148 valence electrons. The van der Waals surface area contributed by atoms with Crippen molar-refractivity contribution in [1.29, 1.82) is 0 Å². The molecule has 2 aromatic rings. The first kappa shape index (κ1) is 21.1. The Morgan fingerprint density at radius 1 is 0.593 bits per heavy atom. The molecule has 0 amide bonds. The van der Waals surface area contributed by atoms with Gasteiger partial charge < -0.3 is 14.2 Å². The fourth-order valence-corrected chi connectivity index (χ4v) is 2.18. The summed E-state index contributed by atoms with van der Waals surface area (Å²) in [6.45, 7) is 14.5. The van der Waals surface area contributed by atoms with Gasteiger partial charge in [0, 0.05) is 0 Å².